The van der Waals surface area contributed by atoms with Gasteiger partial charge in [-0.05, 0) is 42.5 Å². The number of aromatic nitrogens is 3. The largest absolute Gasteiger partial charge is 0.457 e. The van der Waals surface area contributed by atoms with Crippen LogP contribution in [0.1, 0.15) is 39.4 Å². The maximum atomic E-state index is 15.5. The van der Waals surface area contributed by atoms with Crippen LogP contribution >= 0.6 is 0 Å². The molecule has 3 heterocycles. The number of amides is 1. The van der Waals surface area contributed by atoms with Gasteiger partial charge < -0.3 is 15.4 Å². The third kappa shape index (κ3) is 5.52. The third-order valence-electron chi connectivity index (χ3n) is 6.80. The number of nitrogens with zero attached hydrogens (tertiary/aromatic N) is 5. The van der Waals surface area contributed by atoms with Crippen molar-refractivity contribution in [2.24, 2.45) is 5.41 Å². The maximum Gasteiger partial charge on any atom is 0.252 e. The van der Waals surface area contributed by atoms with Crippen molar-refractivity contribution in [1.82, 2.24) is 19.3 Å². The van der Waals surface area contributed by atoms with Crippen LogP contribution in [0.25, 0.3) is 21.6 Å². The number of carbonyl (C=O) groups excluding carboxylic acids is 1. The molecule has 204 valence electrons. The minimum atomic E-state index is -0.505. The number of rotatable bonds is 6. The molecule has 40 heavy (non-hydrogen) atoms. The molecule has 2 aromatic heterocycles. The monoisotopic (exact) mass is 538 g/mol. The number of carbonyl (C=O) groups is 1. The minimum absolute atomic E-state index is 0.126. The van der Waals surface area contributed by atoms with E-state index in [0.717, 1.165) is 12.8 Å². The van der Waals surface area contributed by atoms with Gasteiger partial charge in [-0.2, -0.15) is 0 Å². The van der Waals surface area contributed by atoms with Crippen molar-refractivity contribution in [2.45, 2.75) is 46.1 Å². The van der Waals surface area contributed by atoms with Crippen LogP contribution in [0.4, 0.5) is 10.2 Å². The number of fused-ring (bicyclic) bond motifs is 1. The van der Waals surface area contributed by atoms with E-state index >= 15 is 4.39 Å². The molecule has 2 aromatic carbocycles. The first-order chi connectivity index (χ1) is 19.1. The number of allylic oxidation sites excluding steroid dienone is 1. The molecule has 0 bridgehead atoms. The predicted molar refractivity (Wildman–Crippen MR) is 152 cm³/mol. The van der Waals surface area contributed by atoms with Crippen molar-refractivity contribution < 1.29 is 13.9 Å². The van der Waals surface area contributed by atoms with Crippen LogP contribution in [0, 0.1) is 17.8 Å². The summed E-state index contributed by atoms with van der Waals surface area (Å²) >= 11 is 0. The van der Waals surface area contributed by atoms with Gasteiger partial charge in [-0.25, -0.2) is 19.2 Å². The summed E-state index contributed by atoms with van der Waals surface area (Å²) in [5.74, 6) is 1.05. The zero-order valence-corrected chi connectivity index (χ0v) is 22.8. The van der Waals surface area contributed by atoms with Crippen molar-refractivity contribution in [2.75, 3.05) is 12.3 Å². The topological polar surface area (TPSA) is 90.1 Å². The second kappa shape index (κ2) is 10.8. The fraction of sp³-hybridized carbons (Fsp3) is 0.290. The van der Waals surface area contributed by atoms with Gasteiger partial charge >= 0.3 is 0 Å². The van der Waals surface area contributed by atoms with Crippen LogP contribution in [-0.2, 0) is 11.2 Å². The van der Waals surface area contributed by atoms with Gasteiger partial charge in [-0.3, -0.25) is 9.20 Å². The molecule has 5 rings (SSSR count). The summed E-state index contributed by atoms with van der Waals surface area (Å²) in [4.78, 5) is 27.7. The van der Waals surface area contributed by atoms with Crippen molar-refractivity contribution in [3.05, 3.63) is 95.8 Å². The number of hydrogen-bond donors (Lipinski definition) is 1. The zero-order chi connectivity index (χ0) is 28.4. The van der Waals surface area contributed by atoms with E-state index in [9.17, 15) is 4.79 Å². The summed E-state index contributed by atoms with van der Waals surface area (Å²) in [6.45, 7) is 14.0. The number of likely N-dealkylation sites (tertiary alicyclic amines) is 1. The van der Waals surface area contributed by atoms with Gasteiger partial charge in [0, 0.05) is 43.0 Å². The molecule has 0 radical (unpaired) electrons. The van der Waals surface area contributed by atoms with Gasteiger partial charge in [0.05, 0.1) is 6.57 Å². The van der Waals surface area contributed by atoms with Crippen molar-refractivity contribution in [3.8, 4) is 22.8 Å². The van der Waals surface area contributed by atoms with E-state index in [2.05, 4.69) is 9.83 Å². The summed E-state index contributed by atoms with van der Waals surface area (Å²) < 4.78 is 23.1. The highest BCUT2D eigenvalue weighted by atomic mass is 19.1. The van der Waals surface area contributed by atoms with E-state index in [-0.39, 0.29) is 34.4 Å². The number of nitrogen functional groups attached to an aromatic ring is 1. The van der Waals surface area contributed by atoms with E-state index in [4.69, 9.17) is 22.0 Å². The number of benzene rings is 2. The van der Waals surface area contributed by atoms with E-state index < -0.39 is 5.82 Å². The van der Waals surface area contributed by atoms with Crippen molar-refractivity contribution in [1.29, 1.82) is 0 Å². The zero-order valence-electron chi connectivity index (χ0n) is 22.8. The minimum Gasteiger partial charge on any atom is -0.457 e. The lowest BCUT2D eigenvalue weighted by atomic mass is 9.95. The molecule has 8 nitrogen and oxygen atoms in total. The Labute approximate surface area is 232 Å². The number of halogens is 1. The third-order valence-corrected chi connectivity index (χ3v) is 6.80. The first-order valence-corrected chi connectivity index (χ1v) is 13.2. The fourth-order valence-electron chi connectivity index (χ4n) is 5.06. The lowest BCUT2D eigenvalue weighted by Gasteiger charge is -2.25. The molecule has 1 saturated heterocycles. The average Bonchev–Trinajstić information content (AvgIpc) is 3.53. The molecule has 0 unspecified atom stereocenters. The van der Waals surface area contributed by atoms with Crippen LogP contribution in [0.2, 0.25) is 0 Å². The molecule has 0 saturated carbocycles. The molecular weight excluding hydrogens is 507 g/mol. The molecule has 1 fully saturated rings. The highest BCUT2D eigenvalue weighted by molar-refractivity contribution is 5.95. The summed E-state index contributed by atoms with van der Waals surface area (Å²) in [6.07, 6.45) is 7.07. The molecule has 4 aromatic rings. The van der Waals surface area contributed by atoms with Gasteiger partial charge in [0.1, 0.15) is 40.2 Å². The first-order valence-electron chi connectivity index (χ1n) is 13.2. The number of para-hydroxylation sites is 1. The van der Waals surface area contributed by atoms with Crippen LogP contribution in [0.3, 0.4) is 0 Å². The van der Waals surface area contributed by atoms with E-state index in [0.29, 0.717) is 41.5 Å². The Kier molecular flexibility index (Phi) is 7.26. The maximum absolute atomic E-state index is 15.5. The van der Waals surface area contributed by atoms with Crippen LogP contribution < -0.4 is 10.5 Å². The van der Waals surface area contributed by atoms with E-state index in [1.54, 1.807) is 47.6 Å². The van der Waals surface area contributed by atoms with Crippen LogP contribution in [-0.4, -0.2) is 37.8 Å². The van der Waals surface area contributed by atoms with Crippen LogP contribution in [0.15, 0.2) is 72.7 Å². The number of hydrogen-bond acceptors (Lipinski definition) is 5. The Morgan fingerprint density at radius 3 is 2.70 bits per heavy atom. The average molecular weight is 539 g/mol. The molecule has 1 amide bonds. The van der Waals surface area contributed by atoms with E-state index in [1.807, 2.05) is 43.4 Å². The fourth-order valence-corrected chi connectivity index (χ4v) is 5.06. The van der Waals surface area contributed by atoms with Gasteiger partial charge in [-0.1, -0.05) is 45.0 Å². The molecule has 0 spiro atoms. The molecule has 1 atom stereocenters. The smallest absolute Gasteiger partial charge is 0.252 e. The van der Waals surface area contributed by atoms with Gasteiger partial charge in [-0.15, -0.1) is 0 Å². The summed E-state index contributed by atoms with van der Waals surface area (Å²) in [5, 5.41) is 0. The van der Waals surface area contributed by atoms with Gasteiger partial charge in [0.25, 0.3) is 5.91 Å². The molecule has 1 aliphatic heterocycles. The van der Waals surface area contributed by atoms with Crippen molar-refractivity contribution in [3.63, 3.8) is 0 Å². The second-order valence-electron chi connectivity index (χ2n) is 11.0. The van der Waals surface area contributed by atoms with Gasteiger partial charge in [0.2, 0.25) is 5.70 Å². The normalized spacial score (nSPS) is 15.8. The molecule has 0 aliphatic carbocycles. The first kappa shape index (κ1) is 26.9. The Hall–Kier alpha value is -4.71. The molecule has 2 N–H and O–H groups in total. The number of imidazole rings is 1. The lowest BCUT2D eigenvalue weighted by molar-refractivity contribution is -0.127. The highest BCUT2D eigenvalue weighted by Crippen LogP contribution is 2.34. The molecule has 1 aliphatic rings. The lowest BCUT2D eigenvalue weighted by Crippen LogP contribution is -2.37. The second-order valence-corrected chi connectivity index (χ2v) is 11.0. The SMILES string of the molecule is [C-]#[N+]C(=CC(C)(C)C)C(=O)N1CCC[C@H]1Cc1nc(-c2ccc(Oc3ccccc3)cc2F)c2c(N)nccn12. The van der Waals surface area contributed by atoms with Crippen molar-refractivity contribution >= 4 is 17.2 Å². The Morgan fingerprint density at radius 2 is 2.00 bits per heavy atom. The predicted octanol–water partition coefficient (Wildman–Crippen LogP) is 6.29. The number of anilines is 1. The molecule has 9 heteroatoms. The summed E-state index contributed by atoms with van der Waals surface area (Å²) in [6, 6.07) is 13.6. The summed E-state index contributed by atoms with van der Waals surface area (Å²) in [5.41, 5.74) is 7.23. The standard InChI is InChI=1S/C31H31FN6O2/c1-31(2,3)19-25(34-4)30(39)37-15-8-9-20(37)17-26-36-27(28-29(33)35-14-16-38(26)28)23-13-12-22(18-24(23)32)40-21-10-6-5-7-11-21/h5-7,10-14,16,18-20H,8-9,15,17H2,1-3H3,(H2,33,35)/t20-/m0/s1. The number of ether oxygens (including phenoxy) is 1. The Morgan fingerprint density at radius 1 is 1.23 bits per heavy atom. The van der Waals surface area contributed by atoms with Crippen LogP contribution in [0.5, 0.6) is 11.5 Å². The van der Waals surface area contributed by atoms with E-state index in [1.165, 1.54) is 6.07 Å². The quantitative estimate of drug-likeness (QED) is 0.230. The van der Waals surface area contributed by atoms with Gasteiger partial charge in [0.15, 0.2) is 0 Å². The Balaban J connectivity index is 1.48. The number of nitrogens with two attached hydrogens (primary N) is 1. The summed E-state index contributed by atoms with van der Waals surface area (Å²) in [7, 11) is 0. The highest BCUT2D eigenvalue weighted by Gasteiger charge is 2.33. The molecular formula is C31H31FN6O2. The Bertz CT molecular complexity index is 1630.